The van der Waals surface area contributed by atoms with Gasteiger partial charge in [0.25, 0.3) is 0 Å². The first-order chi connectivity index (χ1) is 15.2. The number of ketones is 1. The minimum absolute atomic E-state index is 0.0746. The van der Waals surface area contributed by atoms with Crippen molar-refractivity contribution in [3.05, 3.63) is 59.2 Å². The van der Waals surface area contributed by atoms with Crippen LogP contribution < -0.4 is 15.0 Å². The van der Waals surface area contributed by atoms with E-state index >= 15 is 0 Å². The van der Waals surface area contributed by atoms with Gasteiger partial charge in [-0.2, -0.15) is 0 Å². The average molecular weight is 448 g/mol. The number of halogens is 3. The second-order valence-electron chi connectivity index (χ2n) is 7.83. The molecule has 1 N–H and O–H groups in total. The van der Waals surface area contributed by atoms with E-state index in [1.807, 2.05) is 12.1 Å². The highest BCUT2D eigenvalue weighted by atomic mass is 19.4. The zero-order valence-corrected chi connectivity index (χ0v) is 18.0. The molecule has 5 nitrogen and oxygen atoms in total. The molecule has 0 atom stereocenters. The predicted octanol–water partition coefficient (Wildman–Crippen LogP) is 4.68. The van der Waals surface area contributed by atoms with E-state index in [0.717, 1.165) is 24.1 Å². The maximum absolute atomic E-state index is 12.5. The first-order valence-corrected chi connectivity index (χ1v) is 10.7. The van der Waals surface area contributed by atoms with Crippen molar-refractivity contribution >= 4 is 17.4 Å². The molecule has 0 fully saturated rings. The van der Waals surface area contributed by atoms with Gasteiger partial charge in [-0.05, 0) is 74.2 Å². The molecule has 0 aliphatic carbocycles. The highest BCUT2D eigenvalue weighted by molar-refractivity contribution is 5.99. The lowest BCUT2D eigenvalue weighted by molar-refractivity contribution is -0.274. The molecule has 1 aliphatic heterocycles. The van der Waals surface area contributed by atoms with Crippen molar-refractivity contribution in [2.45, 2.75) is 44.9 Å². The van der Waals surface area contributed by atoms with Gasteiger partial charge in [0.1, 0.15) is 5.75 Å². The van der Waals surface area contributed by atoms with Gasteiger partial charge in [0.2, 0.25) is 5.91 Å². The summed E-state index contributed by atoms with van der Waals surface area (Å²) >= 11 is 0. The standard InChI is InChI=1S/C24H27F3N2O3/c1-29-20-11-9-19(16-18(20)10-12-23(29)31)21(30)7-4-5-14-28-15-13-17-6-2-3-8-22(17)32-24(25,26)27/h2-3,6,8-9,11,16,28H,4-5,7,10,12-15H2,1H3. The average Bonchev–Trinajstić information content (AvgIpc) is 2.75. The molecule has 1 amide bonds. The fourth-order valence-electron chi connectivity index (χ4n) is 3.79. The van der Waals surface area contributed by atoms with E-state index in [2.05, 4.69) is 10.1 Å². The van der Waals surface area contributed by atoms with Crippen LogP contribution in [-0.4, -0.2) is 38.2 Å². The third-order valence-corrected chi connectivity index (χ3v) is 5.52. The number of nitrogens with zero attached hydrogens (tertiary/aromatic N) is 1. The number of benzene rings is 2. The Morgan fingerprint density at radius 2 is 1.88 bits per heavy atom. The van der Waals surface area contributed by atoms with Crippen LogP contribution in [0, 0.1) is 0 Å². The smallest absolute Gasteiger partial charge is 0.406 e. The summed E-state index contributed by atoms with van der Waals surface area (Å²) in [4.78, 5) is 25.9. The van der Waals surface area contributed by atoms with Crippen molar-refractivity contribution in [2.75, 3.05) is 25.0 Å². The SMILES string of the molecule is CN1C(=O)CCc2cc(C(=O)CCCCNCCc3ccccc3OC(F)(F)F)ccc21. The number of carbonyl (C=O) groups excluding carboxylic acids is 2. The number of carbonyl (C=O) groups is 2. The van der Waals surface area contributed by atoms with Crippen LogP contribution in [0.3, 0.4) is 0 Å². The fourth-order valence-corrected chi connectivity index (χ4v) is 3.79. The lowest BCUT2D eigenvalue weighted by Crippen LogP contribution is -2.31. The second kappa shape index (κ2) is 10.6. The van der Waals surface area contributed by atoms with Crippen LogP contribution in [0.4, 0.5) is 18.9 Å². The van der Waals surface area contributed by atoms with E-state index < -0.39 is 6.36 Å². The van der Waals surface area contributed by atoms with Gasteiger partial charge < -0.3 is 15.0 Å². The van der Waals surface area contributed by atoms with Crippen LogP contribution in [-0.2, 0) is 17.6 Å². The van der Waals surface area contributed by atoms with Crippen LogP contribution in [0.5, 0.6) is 5.75 Å². The number of unbranched alkanes of at least 4 members (excludes halogenated alkanes) is 1. The summed E-state index contributed by atoms with van der Waals surface area (Å²) in [5.74, 6) is -0.0148. The van der Waals surface area contributed by atoms with Crippen molar-refractivity contribution in [1.29, 1.82) is 0 Å². The Morgan fingerprint density at radius 1 is 1.09 bits per heavy atom. The second-order valence-corrected chi connectivity index (χ2v) is 7.83. The van der Waals surface area contributed by atoms with Gasteiger partial charge >= 0.3 is 6.36 Å². The van der Waals surface area contributed by atoms with Gasteiger partial charge in [-0.25, -0.2) is 0 Å². The zero-order chi connectivity index (χ0) is 23.1. The lowest BCUT2D eigenvalue weighted by atomic mass is 9.96. The Bertz CT molecular complexity index is 960. The summed E-state index contributed by atoms with van der Waals surface area (Å²) in [6.45, 7) is 1.19. The monoisotopic (exact) mass is 448 g/mol. The summed E-state index contributed by atoms with van der Waals surface area (Å²) in [6, 6.07) is 11.6. The normalized spacial score (nSPS) is 13.8. The van der Waals surface area contributed by atoms with Gasteiger partial charge in [-0.3, -0.25) is 9.59 Å². The number of aryl methyl sites for hydroxylation is 1. The molecule has 0 aromatic heterocycles. The molecule has 32 heavy (non-hydrogen) atoms. The molecule has 0 saturated heterocycles. The predicted molar refractivity (Wildman–Crippen MR) is 116 cm³/mol. The van der Waals surface area contributed by atoms with E-state index in [9.17, 15) is 22.8 Å². The van der Waals surface area contributed by atoms with Crippen LogP contribution in [0.2, 0.25) is 0 Å². The summed E-state index contributed by atoms with van der Waals surface area (Å²) in [6.07, 6.45) is -1.25. The number of hydrogen-bond donors (Lipinski definition) is 1. The number of Topliss-reactive ketones (excluding diaryl/α,β-unsaturated/α-hetero) is 1. The molecule has 2 aromatic carbocycles. The quantitative estimate of drug-likeness (QED) is 0.424. The van der Waals surface area contributed by atoms with Crippen LogP contribution in [0.25, 0.3) is 0 Å². The number of fused-ring (bicyclic) bond motifs is 1. The molecular formula is C24H27F3N2O3. The Morgan fingerprint density at radius 3 is 2.66 bits per heavy atom. The van der Waals surface area contributed by atoms with Crippen molar-refractivity contribution in [2.24, 2.45) is 0 Å². The van der Waals surface area contributed by atoms with Crippen LogP contribution in [0.1, 0.15) is 47.2 Å². The Balaban J connectivity index is 1.37. The first-order valence-electron chi connectivity index (χ1n) is 10.7. The van der Waals surface area contributed by atoms with Gasteiger partial charge in [0.15, 0.2) is 5.78 Å². The number of para-hydroxylation sites is 1. The van der Waals surface area contributed by atoms with E-state index in [1.54, 1.807) is 30.1 Å². The number of amides is 1. The lowest BCUT2D eigenvalue weighted by Gasteiger charge is -2.26. The number of rotatable bonds is 10. The number of nitrogens with one attached hydrogen (secondary N) is 1. The van der Waals surface area contributed by atoms with Crippen molar-refractivity contribution in [3.63, 3.8) is 0 Å². The van der Waals surface area contributed by atoms with Crippen LogP contribution in [0.15, 0.2) is 42.5 Å². The number of hydrogen-bond acceptors (Lipinski definition) is 4. The molecule has 1 heterocycles. The van der Waals surface area contributed by atoms with Crippen molar-refractivity contribution in [1.82, 2.24) is 5.32 Å². The van der Waals surface area contributed by atoms with Crippen molar-refractivity contribution in [3.8, 4) is 5.75 Å². The summed E-state index contributed by atoms with van der Waals surface area (Å²) in [5.41, 5.74) is 3.05. The van der Waals surface area contributed by atoms with Gasteiger partial charge in [-0.15, -0.1) is 13.2 Å². The van der Waals surface area contributed by atoms with E-state index in [-0.39, 0.29) is 17.4 Å². The van der Waals surface area contributed by atoms with Gasteiger partial charge in [0, 0.05) is 31.1 Å². The molecule has 2 aromatic rings. The Hall–Kier alpha value is -2.87. The molecule has 172 valence electrons. The van der Waals surface area contributed by atoms with E-state index in [4.69, 9.17) is 0 Å². The van der Waals surface area contributed by atoms with E-state index in [0.29, 0.717) is 49.9 Å². The number of ether oxygens (including phenoxy) is 1. The summed E-state index contributed by atoms with van der Waals surface area (Å²) in [7, 11) is 1.75. The Labute approximate surface area is 185 Å². The molecular weight excluding hydrogens is 421 g/mol. The zero-order valence-electron chi connectivity index (χ0n) is 18.0. The highest BCUT2D eigenvalue weighted by Crippen LogP contribution is 2.28. The molecule has 0 unspecified atom stereocenters. The van der Waals surface area contributed by atoms with Crippen LogP contribution >= 0.6 is 0 Å². The molecule has 0 bridgehead atoms. The minimum atomic E-state index is -4.71. The number of alkyl halides is 3. The Kier molecular flexibility index (Phi) is 7.90. The maximum atomic E-state index is 12.5. The molecule has 0 spiro atoms. The fraction of sp³-hybridized carbons (Fsp3) is 0.417. The topological polar surface area (TPSA) is 58.6 Å². The molecule has 3 rings (SSSR count). The molecule has 0 saturated carbocycles. The van der Waals surface area contributed by atoms with Crippen molar-refractivity contribution < 1.29 is 27.5 Å². The largest absolute Gasteiger partial charge is 0.573 e. The third-order valence-electron chi connectivity index (χ3n) is 5.52. The third kappa shape index (κ3) is 6.56. The first kappa shape index (κ1) is 23.8. The molecule has 1 aliphatic rings. The van der Waals surface area contributed by atoms with Gasteiger partial charge in [0.05, 0.1) is 0 Å². The molecule has 0 radical (unpaired) electrons. The van der Waals surface area contributed by atoms with E-state index in [1.165, 1.54) is 12.1 Å². The summed E-state index contributed by atoms with van der Waals surface area (Å²) in [5, 5.41) is 3.20. The maximum Gasteiger partial charge on any atom is 0.573 e. The van der Waals surface area contributed by atoms with Gasteiger partial charge in [-0.1, -0.05) is 18.2 Å². The minimum Gasteiger partial charge on any atom is -0.406 e. The summed E-state index contributed by atoms with van der Waals surface area (Å²) < 4.78 is 41.5. The number of anilines is 1. The highest BCUT2D eigenvalue weighted by Gasteiger charge is 2.31. The molecule has 8 heteroatoms.